The molecule has 0 amide bonds. The summed E-state index contributed by atoms with van der Waals surface area (Å²) in [6, 6.07) is 13.6. The van der Waals surface area contributed by atoms with Crippen LogP contribution in [-0.4, -0.2) is 36.6 Å². The van der Waals surface area contributed by atoms with Crippen LogP contribution in [0, 0.1) is 0 Å². The molecule has 1 unspecified atom stereocenters. The van der Waals surface area contributed by atoms with Crippen LogP contribution >= 0.6 is 0 Å². The number of nitrogens with one attached hydrogen (secondary N) is 1. The number of nitrogens with zero attached hydrogens (tertiary/aromatic N) is 2. The predicted molar refractivity (Wildman–Crippen MR) is 128 cm³/mol. The van der Waals surface area contributed by atoms with E-state index in [1.807, 2.05) is 48.9 Å². The zero-order valence-corrected chi connectivity index (χ0v) is 19.9. The monoisotopic (exact) mass is 469 g/mol. The molecule has 176 valence electrons. The fourth-order valence-corrected chi connectivity index (χ4v) is 4.95. The van der Waals surface area contributed by atoms with Crippen molar-refractivity contribution < 1.29 is 17.9 Å². The van der Waals surface area contributed by atoms with Gasteiger partial charge < -0.3 is 9.30 Å². The molecule has 8 heteroatoms. The second-order valence-corrected chi connectivity index (χ2v) is 9.59. The Morgan fingerprint density at radius 3 is 2.52 bits per heavy atom. The van der Waals surface area contributed by atoms with Crippen molar-refractivity contribution in [1.82, 2.24) is 14.3 Å². The van der Waals surface area contributed by atoms with Gasteiger partial charge in [-0.05, 0) is 30.0 Å². The summed E-state index contributed by atoms with van der Waals surface area (Å²) in [5.41, 5.74) is 2.43. The Morgan fingerprint density at radius 1 is 1.09 bits per heavy atom. The second-order valence-electron chi connectivity index (χ2n) is 7.91. The van der Waals surface area contributed by atoms with E-state index in [0.29, 0.717) is 31.6 Å². The van der Waals surface area contributed by atoms with Gasteiger partial charge in [0.15, 0.2) is 0 Å². The third kappa shape index (κ3) is 6.76. The summed E-state index contributed by atoms with van der Waals surface area (Å²) in [4.78, 5) is 16.7. The van der Waals surface area contributed by atoms with Gasteiger partial charge >= 0.3 is 5.97 Å². The number of esters is 1. The van der Waals surface area contributed by atoms with Gasteiger partial charge in [0, 0.05) is 24.5 Å². The van der Waals surface area contributed by atoms with Crippen LogP contribution in [0.3, 0.4) is 0 Å². The first-order valence-corrected chi connectivity index (χ1v) is 12.8. The molecule has 0 saturated carbocycles. The molecule has 7 nitrogen and oxygen atoms in total. The fourth-order valence-electron chi connectivity index (χ4n) is 3.50. The molecule has 0 bridgehead atoms. The first-order chi connectivity index (χ1) is 15.9. The summed E-state index contributed by atoms with van der Waals surface area (Å²) in [5, 5.41) is 0. The van der Waals surface area contributed by atoms with Crippen molar-refractivity contribution >= 4 is 16.0 Å². The molecule has 33 heavy (non-hydrogen) atoms. The van der Waals surface area contributed by atoms with Crippen LogP contribution in [0.15, 0.2) is 72.1 Å². The highest BCUT2D eigenvalue weighted by molar-refractivity contribution is 7.89. The van der Waals surface area contributed by atoms with E-state index in [4.69, 9.17) is 4.74 Å². The average Bonchev–Trinajstić information content (AvgIpc) is 3.32. The molecule has 1 atom stereocenters. The maximum absolute atomic E-state index is 13.3. The Labute approximate surface area is 195 Å². The van der Waals surface area contributed by atoms with Gasteiger partial charge in [-0.3, -0.25) is 4.79 Å². The molecule has 3 aromatic rings. The first-order valence-electron chi connectivity index (χ1n) is 11.3. The van der Waals surface area contributed by atoms with Crippen LogP contribution in [0.4, 0.5) is 0 Å². The predicted octanol–water partition coefficient (Wildman–Crippen LogP) is 4.39. The zero-order valence-electron chi connectivity index (χ0n) is 19.1. The summed E-state index contributed by atoms with van der Waals surface area (Å²) in [5.74, 6) is -0.532. The lowest BCUT2D eigenvalue weighted by molar-refractivity contribution is -0.146. The molecule has 0 fully saturated rings. The number of unbranched alkanes of at least 4 members (excludes halogenated alkanes) is 1. The molecule has 0 saturated heterocycles. The SMILES string of the molecule is CCCCOC(=O)C(CCC)NS(=O)(=O)c1ccccc1-c1ccc(Cn2ccnc2)cc1. The van der Waals surface area contributed by atoms with Crippen molar-refractivity contribution in [1.29, 1.82) is 0 Å². The minimum Gasteiger partial charge on any atom is -0.465 e. The average molecular weight is 470 g/mol. The van der Waals surface area contributed by atoms with Gasteiger partial charge in [0.1, 0.15) is 6.04 Å². The standard InChI is InChI=1S/C25H31N3O4S/c1-3-5-17-32-25(29)23(8-4-2)27-33(30,31)24-10-7-6-9-22(24)21-13-11-20(12-14-21)18-28-16-15-26-19-28/h6-7,9-16,19,23,27H,3-5,8,17-18H2,1-2H3. The highest BCUT2D eigenvalue weighted by Crippen LogP contribution is 2.28. The van der Waals surface area contributed by atoms with Gasteiger partial charge in [-0.15, -0.1) is 0 Å². The number of benzene rings is 2. The lowest BCUT2D eigenvalue weighted by atomic mass is 10.0. The fraction of sp³-hybridized carbons (Fsp3) is 0.360. The Balaban J connectivity index is 1.82. The van der Waals surface area contributed by atoms with E-state index in [-0.39, 0.29) is 4.90 Å². The number of sulfonamides is 1. The minimum atomic E-state index is -3.95. The smallest absolute Gasteiger partial charge is 0.324 e. The number of carbonyl (C=O) groups is 1. The van der Waals surface area contributed by atoms with Crippen molar-refractivity contribution in [2.24, 2.45) is 0 Å². The van der Waals surface area contributed by atoms with Crippen LogP contribution in [0.1, 0.15) is 45.1 Å². The number of aromatic nitrogens is 2. The lowest BCUT2D eigenvalue weighted by Gasteiger charge is -2.18. The maximum atomic E-state index is 13.3. The van der Waals surface area contributed by atoms with Crippen LogP contribution in [0.2, 0.25) is 0 Å². The summed E-state index contributed by atoms with van der Waals surface area (Å²) in [7, 11) is -3.95. The largest absolute Gasteiger partial charge is 0.465 e. The molecule has 2 aromatic carbocycles. The molecule has 1 heterocycles. The van der Waals surface area contributed by atoms with Gasteiger partial charge in [-0.1, -0.05) is 69.2 Å². The Hall–Kier alpha value is -2.97. The molecule has 3 rings (SSSR count). The molecule has 0 radical (unpaired) electrons. The van der Waals surface area contributed by atoms with E-state index < -0.39 is 22.0 Å². The van der Waals surface area contributed by atoms with E-state index >= 15 is 0 Å². The quantitative estimate of drug-likeness (QED) is 0.314. The second kappa shape index (κ2) is 11.8. The van der Waals surface area contributed by atoms with Crippen molar-refractivity contribution in [3.8, 4) is 11.1 Å². The summed E-state index contributed by atoms with van der Waals surface area (Å²) >= 11 is 0. The van der Waals surface area contributed by atoms with Crippen molar-refractivity contribution in [3.05, 3.63) is 72.8 Å². The number of hydrogen-bond acceptors (Lipinski definition) is 5. The van der Waals surface area contributed by atoms with Crippen LogP contribution in [0.25, 0.3) is 11.1 Å². The highest BCUT2D eigenvalue weighted by atomic mass is 32.2. The van der Waals surface area contributed by atoms with Gasteiger partial charge in [0.25, 0.3) is 0 Å². The lowest BCUT2D eigenvalue weighted by Crippen LogP contribution is -2.42. The third-order valence-electron chi connectivity index (χ3n) is 5.27. The van der Waals surface area contributed by atoms with Crippen LogP contribution < -0.4 is 4.72 Å². The van der Waals surface area contributed by atoms with Crippen molar-refractivity contribution in [3.63, 3.8) is 0 Å². The van der Waals surface area contributed by atoms with Crippen LogP contribution in [0.5, 0.6) is 0 Å². The first kappa shape index (κ1) is 24.7. The molecule has 0 aliphatic heterocycles. The normalized spacial score (nSPS) is 12.4. The van der Waals surface area contributed by atoms with Crippen molar-refractivity contribution in [2.45, 2.75) is 57.0 Å². The topological polar surface area (TPSA) is 90.3 Å². The van der Waals surface area contributed by atoms with E-state index in [1.54, 1.807) is 36.8 Å². The number of ether oxygens (including phenoxy) is 1. The summed E-state index contributed by atoms with van der Waals surface area (Å²) in [6.07, 6.45) is 8.03. The van der Waals surface area contributed by atoms with Gasteiger partial charge in [-0.25, -0.2) is 13.4 Å². The van der Waals surface area contributed by atoms with E-state index in [2.05, 4.69) is 9.71 Å². The molecule has 1 aromatic heterocycles. The summed E-state index contributed by atoms with van der Waals surface area (Å²) in [6.45, 7) is 4.88. The molecule has 1 N–H and O–H groups in total. The van der Waals surface area contributed by atoms with Gasteiger partial charge in [0.2, 0.25) is 10.0 Å². The van der Waals surface area contributed by atoms with E-state index in [0.717, 1.165) is 24.0 Å². The zero-order chi connectivity index (χ0) is 23.7. The number of carbonyl (C=O) groups excluding carboxylic acids is 1. The Morgan fingerprint density at radius 2 is 1.85 bits per heavy atom. The molecule has 0 aliphatic rings. The Bertz CT molecular complexity index is 1130. The number of hydrogen-bond donors (Lipinski definition) is 1. The summed E-state index contributed by atoms with van der Waals surface area (Å²) < 4.78 is 36.4. The highest BCUT2D eigenvalue weighted by Gasteiger charge is 2.28. The molecular formula is C25H31N3O4S. The molecule has 0 spiro atoms. The molecular weight excluding hydrogens is 438 g/mol. The van der Waals surface area contributed by atoms with Crippen molar-refractivity contribution in [2.75, 3.05) is 6.61 Å². The number of imidazole rings is 1. The van der Waals surface area contributed by atoms with E-state index in [9.17, 15) is 13.2 Å². The maximum Gasteiger partial charge on any atom is 0.324 e. The van der Waals surface area contributed by atoms with Gasteiger partial charge in [0.05, 0.1) is 17.8 Å². The minimum absolute atomic E-state index is 0.134. The van der Waals surface area contributed by atoms with Gasteiger partial charge in [-0.2, -0.15) is 4.72 Å². The molecule has 0 aliphatic carbocycles. The number of rotatable bonds is 12. The third-order valence-corrected chi connectivity index (χ3v) is 6.80. The Kier molecular flexibility index (Phi) is 8.79. The van der Waals surface area contributed by atoms with Crippen LogP contribution in [-0.2, 0) is 26.1 Å². The van der Waals surface area contributed by atoms with E-state index in [1.165, 1.54) is 0 Å².